The first-order valence-corrected chi connectivity index (χ1v) is 12.6. The fourth-order valence-electron chi connectivity index (χ4n) is 4.01. The van der Waals surface area contributed by atoms with Crippen molar-refractivity contribution in [1.82, 2.24) is 20.7 Å². The van der Waals surface area contributed by atoms with Gasteiger partial charge in [0, 0.05) is 17.0 Å². The summed E-state index contributed by atoms with van der Waals surface area (Å²) in [5.41, 5.74) is -3.28. The Morgan fingerprint density at radius 3 is 2.64 bits per heavy atom. The van der Waals surface area contributed by atoms with E-state index in [2.05, 4.69) is 20.4 Å². The molecule has 2 aromatic heterocycles. The maximum Gasteiger partial charge on any atom is 0.446 e. The molecule has 2 heterocycles. The lowest BCUT2D eigenvalue weighted by Crippen LogP contribution is -2.16. The van der Waals surface area contributed by atoms with Crippen LogP contribution in [0.15, 0.2) is 35.4 Å². The number of benzene rings is 1. The summed E-state index contributed by atoms with van der Waals surface area (Å²) >= 11 is 12.7. The number of halogens is 5. The van der Waals surface area contributed by atoms with E-state index in [4.69, 9.17) is 34.0 Å². The van der Waals surface area contributed by atoms with E-state index in [0.717, 1.165) is 19.3 Å². The highest BCUT2D eigenvalue weighted by atomic mass is 35.5. The Kier molecular flexibility index (Phi) is 11.5. The lowest BCUT2D eigenvalue weighted by Gasteiger charge is -2.14. The van der Waals surface area contributed by atoms with E-state index in [1.54, 1.807) is 6.07 Å². The molecule has 0 radical (unpaired) electrons. The normalized spacial score (nSPS) is 17.4. The average Bonchev–Trinajstić information content (AvgIpc) is 3.41. The number of aromatic nitrogens is 3. The Morgan fingerprint density at radius 2 is 1.94 bits per heavy atom. The minimum absolute atomic E-state index is 0. The van der Waals surface area contributed by atoms with E-state index in [1.807, 2.05) is 13.8 Å². The molecule has 36 heavy (non-hydrogen) atoms. The van der Waals surface area contributed by atoms with Crippen LogP contribution in [0.3, 0.4) is 0 Å². The predicted molar refractivity (Wildman–Crippen MR) is 137 cm³/mol. The van der Waals surface area contributed by atoms with Crippen LogP contribution in [-0.4, -0.2) is 33.3 Å². The molecule has 200 valence electrons. The SMILES string of the molecule is CC.N.NOOCC1CCC(CNc2c(Cl)cnc3c(Cl)c(-c4cccc(SC(F)(F)F)c4)nn23)C1. The minimum Gasteiger partial charge on any atom is -0.368 e. The standard InChI is InChI=1S/C20H20Cl2F3N5O2S.C2H6.H3N/c21-15-9-28-19-16(22)17(13-2-1-3-14(7-13)33-20(23,24)25)29-30(19)18(15)27-8-11-4-5-12(6-11)10-31-32-26;1-2;/h1-3,7,9,11-12,27H,4-6,8,10,26H2;1-2H3;1H3. The average molecular weight is 569 g/mol. The highest BCUT2D eigenvalue weighted by Crippen LogP contribution is 2.40. The van der Waals surface area contributed by atoms with Gasteiger partial charge in [0.1, 0.15) is 15.7 Å². The van der Waals surface area contributed by atoms with Gasteiger partial charge in [0.05, 0.1) is 12.8 Å². The lowest BCUT2D eigenvalue weighted by molar-refractivity contribution is -0.305. The molecule has 0 saturated heterocycles. The van der Waals surface area contributed by atoms with Crippen LogP contribution in [0.25, 0.3) is 16.9 Å². The zero-order valence-corrected chi connectivity index (χ0v) is 22.1. The summed E-state index contributed by atoms with van der Waals surface area (Å²) in [7, 11) is 0. The second-order valence-corrected chi connectivity index (χ2v) is 9.66. The number of nitrogens with two attached hydrogens (primary N) is 1. The number of alkyl halides is 3. The first kappa shape index (κ1) is 30.4. The maximum atomic E-state index is 12.8. The zero-order chi connectivity index (χ0) is 25.6. The third kappa shape index (κ3) is 7.60. The van der Waals surface area contributed by atoms with Gasteiger partial charge in [0.15, 0.2) is 11.5 Å². The quantitative estimate of drug-likeness (QED) is 0.149. The Balaban J connectivity index is 0.00000148. The van der Waals surface area contributed by atoms with Crippen LogP contribution in [0.5, 0.6) is 0 Å². The largest absolute Gasteiger partial charge is 0.446 e. The van der Waals surface area contributed by atoms with E-state index in [1.165, 1.54) is 28.9 Å². The Hall–Kier alpha value is -1.80. The molecular formula is C22H29Cl2F3N6O2S. The number of nitrogens with zero attached hydrogens (tertiary/aromatic N) is 3. The number of hydrogen-bond acceptors (Lipinski definition) is 8. The van der Waals surface area contributed by atoms with Crippen molar-refractivity contribution in [2.45, 2.75) is 43.5 Å². The molecule has 1 aliphatic carbocycles. The molecule has 2 atom stereocenters. The third-order valence-electron chi connectivity index (χ3n) is 5.46. The van der Waals surface area contributed by atoms with Gasteiger partial charge in [-0.3, -0.25) is 0 Å². The van der Waals surface area contributed by atoms with E-state index in [0.29, 0.717) is 52.7 Å². The summed E-state index contributed by atoms with van der Waals surface area (Å²) in [4.78, 5) is 13.3. The molecule has 0 spiro atoms. The summed E-state index contributed by atoms with van der Waals surface area (Å²) < 4.78 is 39.8. The molecule has 6 N–H and O–H groups in total. The first-order chi connectivity index (χ1) is 16.7. The van der Waals surface area contributed by atoms with Crippen LogP contribution in [0.1, 0.15) is 33.1 Å². The highest BCUT2D eigenvalue weighted by Gasteiger charge is 2.30. The fourth-order valence-corrected chi connectivity index (χ4v) is 5.08. The molecule has 1 aromatic carbocycles. The molecule has 0 bridgehead atoms. The van der Waals surface area contributed by atoms with Gasteiger partial charge in [-0.05, 0) is 55.0 Å². The monoisotopic (exact) mass is 568 g/mol. The molecule has 4 rings (SSSR count). The molecular weight excluding hydrogens is 540 g/mol. The van der Waals surface area contributed by atoms with Crippen molar-refractivity contribution in [3.05, 3.63) is 40.5 Å². The summed E-state index contributed by atoms with van der Waals surface area (Å²) in [6, 6.07) is 5.95. The van der Waals surface area contributed by atoms with Crippen LogP contribution in [0.4, 0.5) is 19.0 Å². The van der Waals surface area contributed by atoms with E-state index >= 15 is 0 Å². The van der Waals surface area contributed by atoms with Crippen molar-refractivity contribution in [3.63, 3.8) is 0 Å². The topological polar surface area (TPSA) is 122 Å². The van der Waals surface area contributed by atoms with Gasteiger partial charge in [0.25, 0.3) is 0 Å². The summed E-state index contributed by atoms with van der Waals surface area (Å²) in [5.74, 6) is 6.17. The van der Waals surface area contributed by atoms with Gasteiger partial charge >= 0.3 is 5.51 Å². The number of anilines is 1. The van der Waals surface area contributed by atoms with E-state index in [9.17, 15) is 13.2 Å². The Morgan fingerprint density at radius 1 is 1.22 bits per heavy atom. The zero-order valence-electron chi connectivity index (χ0n) is 19.8. The van der Waals surface area contributed by atoms with Crippen LogP contribution in [0.2, 0.25) is 10.0 Å². The van der Waals surface area contributed by atoms with Crippen molar-refractivity contribution in [1.29, 1.82) is 0 Å². The van der Waals surface area contributed by atoms with Gasteiger partial charge in [-0.1, -0.05) is 49.2 Å². The minimum atomic E-state index is -4.39. The first-order valence-electron chi connectivity index (χ1n) is 11.1. The van der Waals surface area contributed by atoms with Crippen molar-refractivity contribution in [2.24, 2.45) is 17.7 Å². The van der Waals surface area contributed by atoms with Crippen molar-refractivity contribution in [3.8, 4) is 11.3 Å². The van der Waals surface area contributed by atoms with Gasteiger partial charge in [0.2, 0.25) is 0 Å². The smallest absolute Gasteiger partial charge is 0.368 e. The molecule has 14 heteroatoms. The lowest BCUT2D eigenvalue weighted by atomic mass is 10.1. The van der Waals surface area contributed by atoms with Gasteiger partial charge in [-0.15, -0.1) is 4.99 Å². The summed E-state index contributed by atoms with van der Waals surface area (Å²) in [6.07, 6.45) is 4.42. The predicted octanol–water partition coefficient (Wildman–Crippen LogP) is 7.15. The number of fused-ring (bicyclic) bond motifs is 1. The Bertz CT molecular complexity index is 1140. The van der Waals surface area contributed by atoms with Crippen LogP contribution >= 0.6 is 35.0 Å². The Labute approximate surface area is 221 Å². The number of nitrogens with one attached hydrogen (secondary N) is 1. The van der Waals surface area contributed by atoms with Gasteiger partial charge in [-0.2, -0.15) is 28.7 Å². The van der Waals surface area contributed by atoms with Crippen molar-refractivity contribution in [2.75, 3.05) is 18.5 Å². The fraction of sp³-hybridized carbons (Fsp3) is 0.455. The van der Waals surface area contributed by atoms with E-state index in [-0.39, 0.29) is 27.8 Å². The van der Waals surface area contributed by atoms with Crippen molar-refractivity contribution >= 4 is 46.4 Å². The van der Waals surface area contributed by atoms with Gasteiger partial charge < -0.3 is 11.5 Å². The highest BCUT2D eigenvalue weighted by molar-refractivity contribution is 8.00. The molecule has 1 fully saturated rings. The van der Waals surface area contributed by atoms with Crippen LogP contribution < -0.4 is 17.4 Å². The number of hydrogen-bond donors (Lipinski definition) is 3. The summed E-state index contributed by atoms with van der Waals surface area (Å²) in [6.45, 7) is 5.08. The number of rotatable bonds is 8. The maximum absolute atomic E-state index is 12.8. The molecule has 1 aliphatic rings. The molecule has 0 amide bonds. The third-order valence-corrected chi connectivity index (χ3v) is 6.81. The van der Waals surface area contributed by atoms with Crippen LogP contribution in [-0.2, 0) is 9.88 Å². The second kappa shape index (κ2) is 13.7. The summed E-state index contributed by atoms with van der Waals surface area (Å²) in [5, 5.41) is 8.42. The van der Waals surface area contributed by atoms with Crippen LogP contribution in [0, 0.1) is 11.8 Å². The number of thioether (sulfide) groups is 1. The molecule has 2 unspecified atom stereocenters. The molecule has 3 aromatic rings. The second-order valence-electron chi connectivity index (χ2n) is 7.74. The molecule has 0 aliphatic heterocycles. The van der Waals surface area contributed by atoms with Gasteiger partial charge in [-0.25, -0.2) is 9.87 Å². The van der Waals surface area contributed by atoms with Crippen molar-refractivity contribution < 1.29 is 23.0 Å². The van der Waals surface area contributed by atoms with E-state index < -0.39 is 5.51 Å². The molecule has 1 saturated carbocycles. The molecule has 8 nitrogen and oxygen atoms in total.